The second kappa shape index (κ2) is 9.37. The minimum atomic E-state index is -0.472. The smallest absolute Gasteiger partial charge is 0.337 e. The molecule has 1 heterocycles. The maximum atomic E-state index is 13.0. The summed E-state index contributed by atoms with van der Waals surface area (Å²) in [6.45, 7) is 2.86. The van der Waals surface area contributed by atoms with Crippen LogP contribution in [0.2, 0.25) is 0 Å². The highest BCUT2D eigenvalue weighted by Crippen LogP contribution is 2.22. The number of hydrogen-bond donors (Lipinski definition) is 1. The molecule has 0 aliphatic carbocycles. The molecule has 6 nitrogen and oxygen atoms in total. The van der Waals surface area contributed by atoms with Gasteiger partial charge in [0.1, 0.15) is 0 Å². The van der Waals surface area contributed by atoms with Crippen LogP contribution in [-0.2, 0) is 4.74 Å². The molecule has 1 fully saturated rings. The number of anilines is 1. The largest absolute Gasteiger partial charge is 0.465 e. The van der Waals surface area contributed by atoms with Crippen LogP contribution in [0.3, 0.4) is 0 Å². The molecule has 0 spiro atoms. The van der Waals surface area contributed by atoms with Crippen molar-refractivity contribution in [1.82, 2.24) is 4.90 Å². The Labute approximate surface area is 170 Å². The van der Waals surface area contributed by atoms with Crippen LogP contribution in [0, 0.1) is 0 Å². The molecule has 3 rings (SSSR count). The molecule has 0 radical (unpaired) electrons. The summed E-state index contributed by atoms with van der Waals surface area (Å²) in [4.78, 5) is 39.3. The van der Waals surface area contributed by atoms with Gasteiger partial charge in [-0.3, -0.25) is 9.59 Å². The maximum Gasteiger partial charge on any atom is 0.337 e. The fraction of sp³-hybridized carbons (Fsp3) is 0.348. The van der Waals surface area contributed by atoms with Crippen LogP contribution < -0.4 is 5.32 Å². The van der Waals surface area contributed by atoms with Gasteiger partial charge in [0.2, 0.25) is 0 Å². The van der Waals surface area contributed by atoms with E-state index >= 15 is 0 Å². The van der Waals surface area contributed by atoms with Crippen molar-refractivity contribution in [3.05, 3.63) is 65.2 Å². The number of likely N-dealkylation sites (tertiary alicyclic amines) is 1. The van der Waals surface area contributed by atoms with Crippen LogP contribution in [0.4, 0.5) is 5.69 Å². The van der Waals surface area contributed by atoms with E-state index in [1.165, 1.54) is 7.11 Å². The Bertz CT molecular complexity index is 909. The average Bonchev–Trinajstić information content (AvgIpc) is 2.78. The molecule has 1 aliphatic rings. The molecule has 1 N–H and O–H groups in total. The van der Waals surface area contributed by atoms with Gasteiger partial charge in [0.05, 0.1) is 12.7 Å². The van der Waals surface area contributed by atoms with Crippen molar-refractivity contribution in [1.29, 1.82) is 0 Å². The molecule has 0 saturated carbocycles. The molecular weight excluding hydrogens is 368 g/mol. The first kappa shape index (κ1) is 20.6. The third kappa shape index (κ3) is 4.83. The summed E-state index contributed by atoms with van der Waals surface area (Å²) in [6.07, 6.45) is 4.12. The van der Waals surface area contributed by atoms with Crippen LogP contribution in [0.5, 0.6) is 0 Å². The summed E-state index contributed by atoms with van der Waals surface area (Å²) >= 11 is 0. The number of amides is 2. The number of nitrogens with zero attached hydrogens (tertiary/aromatic N) is 1. The number of carbonyl (C=O) groups is 3. The number of piperidine rings is 1. The lowest BCUT2D eigenvalue weighted by Crippen LogP contribution is -2.43. The third-order valence-corrected chi connectivity index (χ3v) is 5.27. The van der Waals surface area contributed by atoms with Crippen molar-refractivity contribution in [2.45, 2.75) is 38.6 Å². The average molecular weight is 394 g/mol. The minimum absolute atomic E-state index is 0.0288. The zero-order valence-electron chi connectivity index (χ0n) is 16.8. The van der Waals surface area contributed by atoms with E-state index in [9.17, 15) is 14.4 Å². The number of benzene rings is 2. The van der Waals surface area contributed by atoms with Crippen molar-refractivity contribution >= 4 is 23.5 Å². The van der Waals surface area contributed by atoms with Gasteiger partial charge in [-0.1, -0.05) is 19.1 Å². The van der Waals surface area contributed by atoms with E-state index in [1.807, 2.05) is 4.90 Å². The van der Waals surface area contributed by atoms with Gasteiger partial charge < -0.3 is 15.0 Å². The first-order valence-corrected chi connectivity index (χ1v) is 9.94. The van der Waals surface area contributed by atoms with Gasteiger partial charge in [-0.05, 0) is 62.1 Å². The second-order valence-electron chi connectivity index (χ2n) is 7.16. The van der Waals surface area contributed by atoms with Gasteiger partial charge in [-0.2, -0.15) is 0 Å². The van der Waals surface area contributed by atoms with Gasteiger partial charge in [0.25, 0.3) is 11.8 Å². The predicted octanol–water partition coefficient (Wildman–Crippen LogP) is 4.13. The highest BCUT2D eigenvalue weighted by Gasteiger charge is 2.26. The van der Waals surface area contributed by atoms with Crippen LogP contribution in [0.15, 0.2) is 48.5 Å². The Hall–Kier alpha value is -3.15. The summed E-state index contributed by atoms with van der Waals surface area (Å²) in [5, 5.41) is 2.77. The standard InChI is InChI=1S/C23H26N2O4/c1-3-20-12-4-5-13-25(20)22(27)17-9-6-8-16(14-17)21(26)24-19-11-7-10-18(15-19)23(28)29-2/h6-11,14-15,20H,3-5,12-13H2,1-2H3,(H,24,26). The van der Waals surface area contributed by atoms with E-state index < -0.39 is 5.97 Å². The van der Waals surface area contributed by atoms with Crippen molar-refractivity contribution in [2.24, 2.45) is 0 Å². The SMILES string of the molecule is CCC1CCCCN1C(=O)c1cccc(C(=O)Nc2cccc(C(=O)OC)c2)c1. The van der Waals surface area contributed by atoms with Crippen molar-refractivity contribution in [3.63, 3.8) is 0 Å². The number of nitrogens with one attached hydrogen (secondary N) is 1. The Morgan fingerprint density at radius 1 is 1.03 bits per heavy atom. The minimum Gasteiger partial charge on any atom is -0.465 e. The number of esters is 1. The molecule has 1 atom stereocenters. The van der Waals surface area contributed by atoms with Crippen molar-refractivity contribution < 1.29 is 19.1 Å². The van der Waals surface area contributed by atoms with Gasteiger partial charge in [-0.15, -0.1) is 0 Å². The molecule has 2 amide bonds. The molecule has 1 saturated heterocycles. The second-order valence-corrected chi connectivity index (χ2v) is 7.16. The van der Waals surface area contributed by atoms with Crippen LogP contribution >= 0.6 is 0 Å². The number of rotatable bonds is 5. The molecule has 6 heteroatoms. The number of ether oxygens (including phenoxy) is 1. The maximum absolute atomic E-state index is 13.0. The number of hydrogen-bond acceptors (Lipinski definition) is 4. The molecule has 2 aromatic carbocycles. The third-order valence-electron chi connectivity index (χ3n) is 5.27. The molecule has 152 valence electrons. The molecule has 1 aliphatic heterocycles. The predicted molar refractivity (Wildman–Crippen MR) is 111 cm³/mol. The van der Waals surface area contributed by atoms with E-state index in [0.717, 1.165) is 32.2 Å². The molecule has 2 aromatic rings. The lowest BCUT2D eigenvalue weighted by Gasteiger charge is -2.35. The molecule has 0 aromatic heterocycles. The van der Waals surface area contributed by atoms with Gasteiger partial charge in [0, 0.05) is 29.4 Å². The number of carbonyl (C=O) groups excluding carboxylic acids is 3. The van der Waals surface area contributed by atoms with Crippen molar-refractivity contribution in [3.8, 4) is 0 Å². The van der Waals surface area contributed by atoms with Crippen LogP contribution in [0.25, 0.3) is 0 Å². The van der Waals surface area contributed by atoms with Gasteiger partial charge in [-0.25, -0.2) is 4.79 Å². The first-order valence-electron chi connectivity index (χ1n) is 9.94. The zero-order valence-corrected chi connectivity index (χ0v) is 16.8. The Balaban J connectivity index is 1.76. The monoisotopic (exact) mass is 394 g/mol. The van der Waals surface area contributed by atoms with Gasteiger partial charge in [0.15, 0.2) is 0 Å². The van der Waals surface area contributed by atoms with E-state index in [0.29, 0.717) is 22.4 Å². The summed E-state index contributed by atoms with van der Waals surface area (Å²) in [6, 6.07) is 13.6. The summed E-state index contributed by atoms with van der Waals surface area (Å²) in [5.41, 5.74) is 1.74. The van der Waals surface area contributed by atoms with E-state index in [4.69, 9.17) is 4.74 Å². The molecule has 1 unspecified atom stereocenters. The van der Waals surface area contributed by atoms with E-state index in [1.54, 1.807) is 48.5 Å². The highest BCUT2D eigenvalue weighted by atomic mass is 16.5. The summed E-state index contributed by atoms with van der Waals surface area (Å²) in [7, 11) is 1.31. The first-order chi connectivity index (χ1) is 14.0. The fourth-order valence-corrected chi connectivity index (χ4v) is 3.70. The zero-order chi connectivity index (χ0) is 20.8. The molecular formula is C23H26N2O4. The topological polar surface area (TPSA) is 75.7 Å². The summed E-state index contributed by atoms with van der Waals surface area (Å²) in [5.74, 6) is -0.841. The molecule has 0 bridgehead atoms. The summed E-state index contributed by atoms with van der Waals surface area (Å²) < 4.78 is 4.70. The highest BCUT2D eigenvalue weighted by molar-refractivity contribution is 6.06. The van der Waals surface area contributed by atoms with E-state index in [2.05, 4.69) is 12.2 Å². The van der Waals surface area contributed by atoms with Crippen LogP contribution in [-0.4, -0.2) is 42.4 Å². The number of methoxy groups -OCH3 is 1. The lowest BCUT2D eigenvalue weighted by atomic mass is 9.98. The Morgan fingerprint density at radius 3 is 2.52 bits per heavy atom. The molecule has 29 heavy (non-hydrogen) atoms. The quantitative estimate of drug-likeness (QED) is 0.774. The normalized spacial score (nSPS) is 16.2. The fourth-order valence-electron chi connectivity index (χ4n) is 3.70. The van der Waals surface area contributed by atoms with Crippen LogP contribution in [0.1, 0.15) is 63.7 Å². The Kier molecular flexibility index (Phi) is 6.65. The van der Waals surface area contributed by atoms with Gasteiger partial charge >= 0.3 is 5.97 Å². The lowest BCUT2D eigenvalue weighted by molar-refractivity contribution is 0.0595. The van der Waals surface area contributed by atoms with E-state index in [-0.39, 0.29) is 17.9 Å². The Morgan fingerprint density at radius 2 is 1.76 bits per heavy atom. The van der Waals surface area contributed by atoms with Crippen molar-refractivity contribution in [2.75, 3.05) is 19.0 Å².